The number of hydrogen-bond acceptors (Lipinski definition) is 7. The molecule has 3 atom stereocenters. The van der Waals surface area contributed by atoms with E-state index in [2.05, 4.69) is 15.9 Å². The maximum absolute atomic E-state index is 13.7. The highest BCUT2D eigenvalue weighted by atomic mass is 79.9. The second kappa shape index (κ2) is 8.54. The topological polar surface area (TPSA) is 102 Å². The van der Waals surface area contributed by atoms with Crippen LogP contribution >= 0.6 is 15.9 Å². The summed E-state index contributed by atoms with van der Waals surface area (Å²) in [4.78, 5) is 44.7. The van der Waals surface area contributed by atoms with Crippen LogP contribution in [0.15, 0.2) is 77.3 Å². The molecule has 0 unspecified atom stereocenters. The molecule has 5 rings (SSSR count). The molecule has 2 heterocycles. The zero-order valence-corrected chi connectivity index (χ0v) is 19.4. The number of methoxy groups -OCH3 is 1. The SMILES string of the molecule is COc1ccc(Br)cc1[C@H]1[C@@H]2C(=O)N(c3ccc([N+](=O)[O-])cc3)C(=O)[C@H]2ON1c1ccccc1. The molecule has 34 heavy (non-hydrogen) atoms. The van der Waals surface area contributed by atoms with Gasteiger partial charge in [0.1, 0.15) is 11.7 Å². The molecule has 2 aliphatic rings. The first-order chi connectivity index (χ1) is 16.4. The first-order valence-corrected chi connectivity index (χ1v) is 11.2. The average molecular weight is 524 g/mol. The van der Waals surface area contributed by atoms with Gasteiger partial charge < -0.3 is 4.74 Å². The Balaban J connectivity index is 1.60. The number of imide groups is 1. The second-order valence-corrected chi connectivity index (χ2v) is 8.75. The lowest BCUT2D eigenvalue weighted by molar-refractivity contribution is -0.384. The highest BCUT2D eigenvalue weighted by Crippen LogP contribution is 2.50. The van der Waals surface area contributed by atoms with Crippen LogP contribution in [0.1, 0.15) is 11.6 Å². The number of carbonyl (C=O) groups excluding carboxylic acids is 2. The van der Waals surface area contributed by atoms with Gasteiger partial charge in [-0.2, -0.15) is 0 Å². The van der Waals surface area contributed by atoms with Crippen molar-refractivity contribution in [3.05, 3.63) is 92.9 Å². The van der Waals surface area contributed by atoms with Crippen molar-refractivity contribution in [3.8, 4) is 5.75 Å². The Hall–Kier alpha value is -3.76. The summed E-state index contributed by atoms with van der Waals surface area (Å²) in [7, 11) is 1.54. The van der Waals surface area contributed by atoms with Gasteiger partial charge in [-0.15, -0.1) is 0 Å². The van der Waals surface area contributed by atoms with E-state index in [4.69, 9.17) is 9.57 Å². The maximum atomic E-state index is 13.7. The van der Waals surface area contributed by atoms with Gasteiger partial charge in [-0.25, -0.2) is 9.96 Å². The lowest BCUT2D eigenvalue weighted by Crippen LogP contribution is -2.37. The average Bonchev–Trinajstić information content (AvgIpc) is 3.35. The van der Waals surface area contributed by atoms with E-state index >= 15 is 0 Å². The number of ether oxygens (including phenoxy) is 1. The van der Waals surface area contributed by atoms with Crippen molar-refractivity contribution < 1.29 is 24.1 Å². The van der Waals surface area contributed by atoms with Crippen molar-refractivity contribution in [2.45, 2.75) is 12.1 Å². The number of non-ortho nitro benzene ring substituents is 1. The number of para-hydroxylation sites is 1. The zero-order chi connectivity index (χ0) is 24.0. The van der Waals surface area contributed by atoms with Crippen LogP contribution in [-0.4, -0.2) is 30.0 Å². The summed E-state index contributed by atoms with van der Waals surface area (Å²) in [5.41, 5.74) is 1.49. The van der Waals surface area contributed by atoms with Crippen LogP contribution in [0.3, 0.4) is 0 Å². The standard InChI is InChI=1S/C24H18BrN3O6/c1-33-19-12-7-14(25)13-18(19)21-20-22(34-27(21)16-5-3-2-4-6-16)24(30)26(23(20)29)15-8-10-17(11-9-15)28(31)32/h2-13,20-22H,1H3/t20-,21-,22-/m0/s1. The van der Waals surface area contributed by atoms with Crippen LogP contribution in [0.4, 0.5) is 17.1 Å². The molecule has 9 nitrogen and oxygen atoms in total. The number of rotatable bonds is 5. The van der Waals surface area contributed by atoms with E-state index in [0.29, 0.717) is 17.0 Å². The van der Waals surface area contributed by atoms with E-state index < -0.39 is 34.8 Å². The van der Waals surface area contributed by atoms with E-state index in [1.54, 1.807) is 11.1 Å². The molecule has 3 aromatic carbocycles. The number of anilines is 2. The van der Waals surface area contributed by atoms with Crippen molar-refractivity contribution in [1.82, 2.24) is 0 Å². The molecular weight excluding hydrogens is 506 g/mol. The summed E-state index contributed by atoms with van der Waals surface area (Å²) in [6.45, 7) is 0. The van der Waals surface area contributed by atoms with Crippen molar-refractivity contribution in [2.24, 2.45) is 5.92 Å². The summed E-state index contributed by atoms with van der Waals surface area (Å²) >= 11 is 3.48. The summed E-state index contributed by atoms with van der Waals surface area (Å²) in [5, 5.41) is 12.6. The molecule has 0 aliphatic carbocycles. The minimum atomic E-state index is -1.06. The number of hydroxylamine groups is 1. The molecule has 0 bridgehead atoms. The molecule has 0 saturated carbocycles. The number of halogens is 1. The molecule has 0 spiro atoms. The molecular formula is C24H18BrN3O6. The van der Waals surface area contributed by atoms with Crippen molar-refractivity contribution in [3.63, 3.8) is 0 Å². The molecule has 2 amide bonds. The molecule has 172 valence electrons. The Labute approximate surface area is 202 Å². The zero-order valence-electron chi connectivity index (χ0n) is 17.8. The largest absolute Gasteiger partial charge is 0.496 e. The molecule has 10 heteroatoms. The molecule has 2 aliphatic heterocycles. The van der Waals surface area contributed by atoms with Crippen LogP contribution in [0.5, 0.6) is 5.75 Å². The first-order valence-electron chi connectivity index (χ1n) is 10.4. The summed E-state index contributed by atoms with van der Waals surface area (Å²) < 4.78 is 6.36. The third kappa shape index (κ3) is 3.51. The van der Waals surface area contributed by atoms with Crippen LogP contribution in [-0.2, 0) is 14.4 Å². The lowest BCUT2D eigenvalue weighted by atomic mass is 9.90. The van der Waals surface area contributed by atoms with E-state index in [0.717, 1.165) is 9.37 Å². The van der Waals surface area contributed by atoms with Crippen molar-refractivity contribution in [1.29, 1.82) is 0 Å². The predicted octanol–water partition coefficient (Wildman–Crippen LogP) is 4.42. The molecule has 3 aromatic rings. The Bertz CT molecular complexity index is 1280. The number of amides is 2. The van der Waals surface area contributed by atoms with Gasteiger partial charge in [0.2, 0.25) is 5.91 Å². The van der Waals surface area contributed by atoms with Crippen LogP contribution in [0.2, 0.25) is 0 Å². The van der Waals surface area contributed by atoms with Crippen LogP contribution in [0.25, 0.3) is 0 Å². The highest BCUT2D eigenvalue weighted by Gasteiger charge is 2.60. The minimum absolute atomic E-state index is 0.133. The van der Waals surface area contributed by atoms with E-state index in [-0.39, 0.29) is 11.4 Å². The first kappa shape index (κ1) is 22.1. The molecule has 0 N–H and O–H groups in total. The van der Waals surface area contributed by atoms with Gasteiger partial charge in [-0.05, 0) is 42.5 Å². The van der Waals surface area contributed by atoms with Gasteiger partial charge in [0.25, 0.3) is 11.6 Å². The monoisotopic (exact) mass is 523 g/mol. The van der Waals surface area contributed by atoms with Crippen LogP contribution in [0, 0.1) is 16.0 Å². The third-order valence-corrected chi connectivity index (χ3v) is 6.45. The van der Waals surface area contributed by atoms with Gasteiger partial charge >= 0.3 is 0 Å². The second-order valence-electron chi connectivity index (χ2n) is 7.83. The highest BCUT2D eigenvalue weighted by molar-refractivity contribution is 9.10. The Kier molecular flexibility index (Phi) is 5.54. The fourth-order valence-electron chi connectivity index (χ4n) is 4.44. The Morgan fingerprint density at radius 2 is 1.68 bits per heavy atom. The van der Waals surface area contributed by atoms with Gasteiger partial charge in [0.15, 0.2) is 6.10 Å². The molecule has 0 radical (unpaired) electrons. The quantitative estimate of drug-likeness (QED) is 0.277. The van der Waals surface area contributed by atoms with E-state index in [1.165, 1.54) is 31.4 Å². The number of benzene rings is 3. The van der Waals surface area contributed by atoms with Crippen molar-refractivity contribution >= 4 is 44.8 Å². The molecule has 2 fully saturated rings. The fourth-order valence-corrected chi connectivity index (χ4v) is 4.82. The number of hydrogen-bond donors (Lipinski definition) is 0. The van der Waals surface area contributed by atoms with E-state index in [1.807, 2.05) is 42.5 Å². The minimum Gasteiger partial charge on any atom is -0.496 e. The fraction of sp³-hybridized carbons (Fsp3) is 0.167. The smallest absolute Gasteiger partial charge is 0.269 e. The van der Waals surface area contributed by atoms with Crippen molar-refractivity contribution in [2.75, 3.05) is 17.1 Å². The number of nitrogens with zero attached hydrogens (tertiary/aromatic N) is 3. The number of fused-ring (bicyclic) bond motifs is 1. The van der Waals surface area contributed by atoms with Gasteiger partial charge in [-0.3, -0.25) is 24.5 Å². The number of carbonyl (C=O) groups is 2. The third-order valence-electron chi connectivity index (χ3n) is 5.96. The lowest BCUT2D eigenvalue weighted by Gasteiger charge is -2.29. The van der Waals surface area contributed by atoms with Gasteiger partial charge in [0.05, 0.1) is 29.4 Å². The van der Waals surface area contributed by atoms with Crippen LogP contribution < -0.4 is 14.7 Å². The normalized spacial score (nSPS) is 21.6. The summed E-state index contributed by atoms with van der Waals surface area (Å²) in [6, 6.07) is 19.3. The van der Waals surface area contributed by atoms with Gasteiger partial charge in [-0.1, -0.05) is 34.1 Å². The Morgan fingerprint density at radius 3 is 2.32 bits per heavy atom. The van der Waals surface area contributed by atoms with Gasteiger partial charge in [0, 0.05) is 22.2 Å². The maximum Gasteiger partial charge on any atom is 0.269 e. The Morgan fingerprint density at radius 1 is 0.971 bits per heavy atom. The number of nitro benzene ring substituents is 1. The van der Waals surface area contributed by atoms with E-state index in [9.17, 15) is 19.7 Å². The summed E-state index contributed by atoms with van der Waals surface area (Å²) in [6.07, 6.45) is -1.06. The molecule has 0 aromatic heterocycles. The number of nitro groups is 1. The predicted molar refractivity (Wildman–Crippen MR) is 126 cm³/mol. The molecule has 2 saturated heterocycles. The summed E-state index contributed by atoms with van der Waals surface area (Å²) in [5.74, 6) is -1.28.